The Balaban J connectivity index is 2.02. The van der Waals surface area contributed by atoms with Gasteiger partial charge in [0.05, 0.1) is 6.10 Å². The van der Waals surface area contributed by atoms with E-state index >= 15 is 0 Å². The molecule has 2 atom stereocenters. The van der Waals surface area contributed by atoms with Crippen LogP contribution in [0.2, 0.25) is 5.02 Å². The summed E-state index contributed by atoms with van der Waals surface area (Å²) in [5, 5.41) is 3.66. The molecule has 1 aliphatic rings. The summed E-state index contributed by atoms with van der Waals surface area (Å²) in [5.41, 5.74) is 5.60. The van der Waals surface area contributed by atoms with Gasteiger partial charge in [0, 0.05) is 13.2 Å². The summed E-state index contributed by atoms with van der Waals surface area (Å²) >= 11 is 6.00. The van der Waals surface area contributed by atoms with Crippen LogP contribution in [-0.2, 0) is 4.74 Å². The van der Waals surface area contributed by atoms with E-state index in [0.717, 1.165) is 19.3 Å². The number of nitrogens with zero attached hydrogens (tertiary/aromatic N) is 2. The topological polar surface area (TPSA) is 73.1 Å². The molecule has 5 nitrogen and oxygen atoms in total. The van der Waals surface area contributed by atoms with Crippen LogP contribution in [0.5, 0.6) is 0 Å². The molecule has 0 spiro atoms. The molecule has 1 aliphatic carbocycles. The van der Waals surface area contributed by atoms with Crippen LogP contribution in [0.3, 0.4) is 0 Å². The van der Waals surface area contributed by atoms with Gasteiger partial charge in [-0.3, -0.25) is 0 Å². The molecule has 1 heterocycles. The number of hydrogen-bond acceptors (Lipinski definition) is 5. The quantitative estimate of drug-likeness (QED) is 0.844. The smallest absolute Gasteiger partial charge is 0.150 e. The first-order chi connectivity index (χ1) is 7.70. The Hall–Kier alpha value is -1.07. The summed E-state index contributed by atoms with van der Waals surface area (Å²) in [6.45, 7) is 0. The summed E-state index contributed by atoms with van der Waals surface area (Å²) in [5.74, 6) is 0.913. The van der Waals surface area contributed by atoms with Gasteiger partial charge in [0.2, 0.25) is 0 Å². The van der Waals surface area contributed by atoms with Gasteiger partial charge in [-0.1, -0.05) is 11.6 Å². The van der Waals surface area contributed by atoms with Gasteiger partial charge >= 0.3 is 0 Å². The Morgan fingerprint density at radius 2 is 2.31 bits per heavy atom. The van der Waals surface area contributed by atoms with Crippen LogP contribution in [0.15, 0.2) is 6.33 Å². The third-order valence-electron chi connectivity index (χ3n) is 2.88. The Kier molecular flexibility index (Phi) is 3.46. The minimum Gasteiger partial charge on any atom is -0.382 e. The second-order valence-electron chi connectivity index (χ2n) is 3.93. The van der Waals surface area contributed by atoms with Crippen LogP contribution in [0.1, 0.15) is 19.3 Å². The molecule has 1 aromatic rings. The highest BCUT2D eigenvalue weighted by Gasteiger charge is 2.25. The van der Waals surface area contributed by atoms with E-state index < -0.39 is 0 Å². The first kappa shape index (κ1) is 11.4. The molecule has 1 saturated carbocycles. The zero-order chi connectivity index (χ0) is 11.5. The second kappa shape index (κ2) is 4.84. The molecule has 0 aromatic carbocycles. The Labute approximate surface area is 99.4 Å². The summed E-state index contributed by atoms with van der Waals surface area (Å²) in [6.07, 6.45) is 4.82. The van der Waals surface area contributed by atoms with Crippen molar-refractivity contribution in [2.45, 2.75) is 31.4 Å². The largest absolute Gasteiger partial charge is 0.382 e. The maximum absolute atomic E-state index is 6.00. The Morgan fingerprint density at radius 3 is 3.00 bits per heavy atom. The SMILES string of the molecule is CO[C@H]1CC[C@H](Nc2ncnc(N)c2Cl)C1. The number of aromatic nitrogens is 2. The fraction of sp³-hybridized carbons (Fsp3) is 0.600. The molecule has 1 aromatic heterocycles. The van der Waals surface area contributed by atoms with Gasteiger partial charge in [0.15, 0.2) is 5.82 Å². The van der Waals surface area contributed by atoms with Gasteiger partial charge in [-0.2, -0.15) is 0 Å². The van der Waals surface area contributed by atoms with E-state index in [1.54, 1.807) is 7.11 Å². The number of nitrogen functional groups attached to an aromatic ring is 1. The van der Waals surface area contributed by atoms with Crippen molar-refractivity contribution < 1.29 is 4.74 Å². The summed E-state index contributed by atoms with van der Waals surface area (Å²) in [6, 6.07) is 0.344. The van der Waals surface area contributed by atoms with Crippen LogP contribution in [-0.4, -0.2) is 29.2 Å². The van der Waals surface area contributed by atoms with Gasteiger partial charge in [0.1, 0.15) is 17.2 Å². The number of anilines is 2. The van der Waals surface area contributed by atoms with Crippen molar-refractivity contribution in [2.75, 3.05) is 18.2 Å². The third kappa shape index (κ3) is 2.36. The number of nitrogens with two attached hydrogens (primary N) is 1. The van der Waals surface area contributed by atoms with Crippen molar-refractivity contribution in [1.82, 2.24) is 9.97 Å². The Morgan fingerprint density at radius 1 is 1.50 bits per heavy atom. The van der Waals surface area contributed by atoms with Crippen LogP contribution in [0, 0.1) is 0 Å². The minimum atomic E-state index is 0.306. The molecule has 0 unspecified atom stereocenters. The number of hydrogen-bond donors (Lipinski definition) is 2. The van der Waals surface area contributed by atoms with Crippen molar-refractivity contribution in [3.63, 3.8) is 0 Å². The molecule has 2 rings (SSSR count). The van der Waals surface area contributed by atoms with Gasteiger partial charge in [0.25, 0.3) is 0 Å². The number of methoxy groups -OCH3 is 1. The van der Waals surface area contributed by atoms with E-state index in [9.17, 15) is 0 Å². The van der Waals surface area contributed by atoms with Crippen molar-refractivity contribution >= 4 is 23.2 Å². The number of ether oxygens (including phenoxy) is 1. The van der Waals surface area contributed by atoms with Crippen molar-refractivity contribution in [1.29, 1.82) is 0 Å². The standard InChI is InChI=1S/C10H15ClN4O/c1-16-7-3-2-6(4-7)15-10-8(11)9(12)13-5-14-10/h5-7H,2-4H2,1H3,(H3,12,13,14,15)/t6-,7-/m0/s1. The molecule has 0 bridgehead atoms. The summed E-state index contributed by atoms with van der Waals surface area (Å²) < 4.78 is 5.30. The monoisotopic (exact) mass is 242 g/mol. The van der Waals surface area contributed by atoms with E-state index in [1.807, 2.05) is 0 Å². The molecule has 0 aliphatic heterocycles. The van der Waals surface area contributed by atoms with Crippen LogP contribution in [0.4, 0.5) is 11.6 Å². The van der Waals surface area contributed by atoms with Crippen molar-refractivity contribution in [3.05, 3.63) is 11.3 Å². The first-order valence-corrected chi connectivity index (χ1v) is 5.63. The molecule has 88 valence electrons. The number of rotatable bonds is 3. The highest BCUT2D eigenvalue weighted by Crippen LogP contribution is 2.28. The van der Waals surface area contributed by atoms with Crippen molar-refractivity contribution in [2.24, 2.45) is 0 Å². The summed E-state index contributed by atoms with van der Waals surface area (Å²) in [7, 11) is 1.74. The lowest BCUT2D eigenvalue weighted by molar-refractivity contribution is 0.108. The average molecular weight is 243 g/mol. The summed E-state index contributed by atoms with van der Waals surface area (Å²) in [4.78, 5) is 7.89. The first-order valence-electron chi connectivity index (χ1n) is 5.26. The van der Waals surface area contributed by atoms with Gasteiger partial charge in [-0.25, -0.2) is 9.97 Å². The van der Waals surface area contributed by atoms with Crippen LogP contribution in [0.25, 0.3) is 0 Å². The molecule has 1 fully saturated rings. The average Bonchev–Trinajstić information content (AvgIpc) is 2.73. The van der Waals surface area contributed by atoms with Gasteiger partial charge in [-0.05, 0) is 19.3 Å². The fourth-order valence-corrected chi connectivity index (χ4v) is 2.11. The normalized spacial score (nSPS) is 24.6. The predicted octanol–water partition coefficient (Wildman–Crippen LogP) is 1.69. The minimum absolute atomic E-state index is 0.306. The maximum atomic E-state index is 6.00. The second-order valence-corrected chi connectivity index (χ2v) is 4.31. The molecule has 0 radical (unpaired) electrons. The molecular formula is C10H15ClN4O. The van der Waals surface area contributed by atoms with E-state index in [4.69, 9.17) is 22.1 Å². The van der Waals surface area contributed by atoms with E-state index in [1.165, 1.54) is 6.33 Å². The van der Waals surface area contributed by atoms with Crippen LogP contribution >= 0.6 is 11.6 Å². The predicted molar refractivity (Wildman–Crippen MR) is 63.5 cm³/mol. The molecule has 6 heteroatoms. The molecular weight excluding hydrogens is 228 g/mol. The highest BCUT2D eigenvalue weighted by atomic mass is 35.5. The molecule has 0 amide bonds. The van der Waals surface area contributed by atoms with Crippen molar-refractivity contribution in [3.8, 4) is 0 Å². The van der Waals surface area contributed by atoms with E-state index in [0.29, 0.717) is 28.8 Å². The number of halogens is 1. The zero-order valence-electron chi connectivity index (χ0n) is 9.11. The van der Waals surface area contributed by atoms with Gasteiger partial charge in [-0.15, -0.1) is 0 Å². The van der Waals surface area contributed by atoms with Crippen LogP contribution < -0.4 is 11.1 Å². The van der Waals surface area contributed by atoms with Gasteiger partial charge < -0.3 is 15.8 Å². The maximum Gasteiger partial charge on any atom is 0.150 e. The molecule has 0 saturated heterocycles. The third-order valence-corrected chi connectivity index (χ3v) is 3.25. The lowest BCUT2D eigenvalue weighted by Gasteiger charge is -2.14. The van der Waals surface area contributed by atoms with E-state index in [2.05, 4.69) is 15.3 Å². The lowest BCUT2D eigenvalue weighted by atomic mass is 10.2. The zero-order valence-corrected chi connectivity index (χ0v) is 9.87. The number of nitrogens with one attached hydrogen (secondary N) is 1. The fourth-order valence-electron chi connectivity index (χ4n) is 1.96. The Bertz CT molecular complexity index is 374. The highest BCUT2D eigenvalue weighted by molar-refractivity contribution is 6.35. The lowest BCUT2D eigenvalue weighted by Crippen LogP contribution is -2.18. The van der Waals surface area contributed by atoms with E-state index in [-0.39, 0.29) is 0 Å². The molecule has 16 heavy (non-hydrogen) atoms. The molecule has 3 N–H and O–H groups in total.